The smallest absolute Gasteiger partial charge is 0.197 e. The molecule has 1 N–H and O–H groups in total. The topological polar surface area (TPSA) is 68.0 Å². The summed E-state index contributed by atoms with van der Waals surface area (Å²) in [5, 5.41) is 15.3. The molecule has 0 saturated heterocycles. The maximum absolute atomic E-state index is 4.21. The summed E-state index contributed by atoms with van der Waals surface area (Å²) in [6.07, 6.45) is 8.33. The summed E-state index contributed by atoms with van der Waals surface area (Å²) in [4.78, 5) is 4.21. The van der Waals surface area contributed by atoms with E-state index in [1.165, 1.54) is 12.8 Å². The predicted octanol–water partition coefficient (Wildman–Crippen LogP) is 0.840. The number of fused-ring (bicyclic) bond motifs is 1. The van der Waals surface area contributed by atoms with Crippen molar-refractivity contribution in [3.8, 4) is 0 Å². The summed E-state index contributed by atoms with van der Waals surface area (Å²) < 4.78 is 1.79. The van der Waals surface area contributed by atoms with Crippen molar-refractivity contribution >= 4 is 5.65 Å². The fourth-order valence-corrected chi connectivity index (χ4v) is 2.32. The minimum Gasteiger partial charge on any atom is -0.313 e. The van der Waals surface area contributed by atoms with Gasteiger partial charge in [0.1, 0.15) is 0 Å². The number of tetrazole rings is 1. The van der Waals surface area contributed by atoms with Gasteiger partial charge in [-0.1, -0.05) is 6.92 Å². The van der Waals surface area contributed by atoms with Crippen LogP contribution < -0.4 is 5.32 Å². The van der Waals surface area contributed by atoms with Gasteiger partial charge in [-0.3, -0.25) is 4.98 Å². The second-order valence-electron chi connectivity index (χ2n) is 4.95. The van der Waals surface area contributed by atoms with Gasteiger partial charge in [-0.15, -0.1) is 5.10 Å². The molecular weight excluding hydrogens is 228 g/mol. The highest BCUT2D eigenvalue weighted by molar-refractivity contribution is 5.32. The molecule has 6 heteroatoms. The van der Waals surface area contributed by atoms with E-state index in [9.17, 15) is 0 Å². The lowest BCUT2D eigenvalue weighted by Crippen LogP contribution is -2.34. The van der Waals surface area contributed by atoms with Crippen molar-refractivity contribution in [2.45, 2.75) is 38.6 Å². The molecule has 96 valence electrons. The Morgan fingerprint density at radius 2 is 2.33 bits per heavy atom. The van der Waals surface area contributed by atoms with Gasteiger partial charge in [0, 0.05) is 18.7 Å². The largest absolute Gasteiger partial charge is 0.313 e. The van der Waals surface area contributed by atoms with Gasteiger partial charge < -0.3 is 5.32 Å². The molecule has 1 aliphatic carbocycles. The van der Waals surface area contributed by atoms with Crippen LogP contribution in [0.25, 0.3) is 5.65 Å². The summed E-state index contributed by atoms with van der Waals surface area (Å²) in [5.41, 5.74) is 1.80. The molecule has 1 unspecified atom stereocenters. The molecule has 18 heavy (non-hydrogen) atoms. The van der Waals surface area contributed by atoms with Crippen LogP contribution in [0.2, 0.25) is 0 Å². The van der Waals surface area contributed by atoms with E-state index in [0.29, 0.717) is 6.04 Å². The molecule has 0 spiro atoms. The van der Waals surface area contributed by atoms with Gasteiger partial charge in [-0.05, 0) is 42.2 Å². The third-order valence-corrected chi connectivity index (χ3v) is 3.46. The quantitative estimate of drug-likeness (QED) is 0.818. The van der Waals surface area contributed by atoms with E-state index in [2.05, 4.69) is 32.7 Å². The van der Waals surface area contributed by atoms with Crippen LogP contribution in [-0.2, 0) is 6.42 Å². The zero-order valence-corrected chi connectivity index (χ0v) is 10.6. The second kappa shape index (κ2) is 4.97. The van der Waals surface area contributed by atoms with E-state index >= 15 is 0 Å². The molecule has 0 amide bonds. The first kappa shape index (κ1) is 11.5. The average Bonchev–Trinajstić information content (AvgIpc) is 3.12. The monoisotopic (exact) mass is 246 g/mol. The highest BCUT2D eigenvalue weighted by atomic mass is 15.5. The van der Waals surface area contributed by atoms with Crippen LogP contribution in [0.1, 0.15) is 31.9 Å². The Morgan fingerprint density at radius 3 is 3.11 bits per heavy atom. The van der Waals surface area contributed by atoms with Crippen LogP contribution >= 0.6 is 0 Å². The third-order valence-electron chi connectivity index (χ3n) is 3.46. The van der Waals surface area contributed by atoms with Crippen LogP contribution in [-0.4, -0.2) is 37.6 Å². The SMILES string of the molecule is CCCNC(Cc1cncc2nnnn12)C1CC1. The van der Waals surface area contributed by atoms with Crippen LogP contribution in [0.3, 0.4) is 0 Å². The second-order valence-corrected chi connectivity index (χ2v) is 4.95. The van der Waals surface area contributed by atoms with Crippen molar-refractivity contribution in [2.24, 2.45) is 5.92 Å². The normalized spacial score (nSPS) is 17.2. The Morgan fingerprint density at radius 1 is 1.44 bits per heavy atom. The van der Waals surface area contributed by atoms with Gasteiger partial charge in [0.05, 0.1) is 11.9 Å². The minimum atomic E-state index is 0.529. The molecule has 2 heterocycles. The standard InChI is InChI=1S/C12H18N6/c1-2-5-14-11(9-3-4-9)6-10-7-13-8-12-15-16-17-18(10)12/h7-9,11,14H,2-6H2,1H3. The zero-order chi connectivity index (χ0) is 12.4. The molecule has 2 aromatic heterocycles. The number of rotatable bonds is 6. The van der Waals surface area contributed by atoms with Gasteiger partial charge >= 0.3 is 0 Å². The highest BCUT2D eigenvalue weighted by Gasteiger charge is 2.31. The Kier molecular flexibility index (Phi) is 3.19. The summed E-state index contributed by atoms with van der Waals surface area (Å²) >= 11 is 0. The van der Waals surface area contributed by atoms with Crippen LogP contribution in [0.4, 0.5) is 0 Å². The van der Waals surface area contributed by atoms with Crippen molar-refractivity contribution < 1.29 is 0 Å². The van der Waals surface area contributed by atoms with E-state index in [1.54, 1.807) is 10.7 Å². The molecule has 1 aliphatic rings. The lowest BCUT2D eigenvalue weighted by Gasteiger charge is -2.17. The average molecular weight is 246 g/mol. The molecule has 1 fully saturated rings. The first-order valence-corrected chi connectivity index (χ1v) is 6.63. The van der Waals surface area contributed by atoms with E-state index in [1.807, 2.05) is 6.20 Å². The lowest BCUT2D eigenvalue weighted by atomic mass is 10.1. The fourth-order valence-electron chi connectivity index (χ4n) is 2.32. The van der Waals surface area contributed by atoms with Crippen molar-refractivity contribution in [3.05, 3.63) is 18.1 Å². The van der Waals surface area contributed by atoms with Crippen molar-refractivity contribution in [1.29, 1.82) is 0 Å². The third kappa shape index (κ3) is 2.33. The minimum absolute atomic E-state index is 0.529. The van der Waals surface area contributed by atoms with Gasteiger partial charge in [-0.25, -0.2) is 0 Å². The molecule has 0 aliphatic heterocycles. The van der Waals surface area contributed by atoms with Crippen molar-refractivity contribution in [3.63, 3.8) is 0 Å². The maximum atomic E-state index is 4.21. The first-order chi connectivity index (χ1) is 8.88. The summed E-state index contributed by atoms with van der Waals surface area (Å²) in [6, 6.07) is 0.529. The van der Waals surface area contributed by atoms with Gasteiger partial charge in [0.25, 0.3) is 0 Å². The molecular formula is C12H18N6. The number of hydrogen-bond acceptors (Lipinski definition) is 5. The summed E-state index contributed by atoms with van der Waals surface area (Å²) in [7, 11) is 0. The molecule has 2 aromatic rings. The molecule has 0 aromatic carbocycles. The van der Waals surface area contributed by atoms with E-state index in [0.717, 1.165) is 36.6 Å². The number of nitrogens with one attached hydrogen (secondary N) is 1. The Labute approximate surface area is 106 Å². The van der Waals surface area contributed by atoms with Crippen molar-refractivity contribution in [1.82, 2.24) is 30.3 Å². The van der Waals surface area contributed by atoms with E-state index < -0.39 is 0 Å². The van der Waals surface area contributed by atoms with Gasteiger partial charge in [-0.2, -0.15) is 4.52 Å². The van der Waals surface area contributed by atoms with Crippen LogP contribution in [0, 0.1) is 5.92 Å². The highest BCUT2D eigenvalue weighted by Crippen LogP contribution is 2.34. The van der Waals surface area contributed by atoms with E-state index in [4.69, 9.17) is 0 Å². The van der Waals surface area contributed by atoms with Crippen LogP contribution in [0.15, 0.2) is 12.4 Å². The molecule has 0 radical (unpaired) electrons. The van der Waals surface area contributed by atoms with Gasteiger partial charge in [0.15, 0.2) is 5.65 Å². The Hall–Kier alpha value is -1.56. The molecule has 1 atom stereocenters. The Balaban J connectivity index is 1.78. The molecule has 3 rings (SSSR count). The zero-order valence-electron chi connectivity index (χ0n) is 10.6. The predicted molar refractivity (Wildman–Crippen MR) is 67.1 cm³/mol. The van der Waals surface area contributed by atoms with Gasteiger partial charge in [0.2, 0.25) is 0 Å². The number of nitrogens with zero attached hydrogens (tertiary/aromatic N) is 5. The summed E-state index contributed by atoms with van der Waals surface area (Å²) in [5.74, 6) is 0.809. The number of aromatic nitrogens is 5. The first-order valence-electron chi connectivity index (χ1n) is 6.63. The number of hydrogen-bond donors (Lipinski definition) is 1. The fraction of sp³-hybridized carbons (Fsp3) is 0.667. The van der Waals surface area contributed by atoms with Crippen LogP contribution in [0.5, 0.6) is 0 Å². The van der Waals surface area contributed by atoms with Crippen molar-refractivity contribution in [2.75, 3.05) is 6.54 Å². The maximum Gasteiger partial charge on any atom is 0.197 e. The molecule has 6 nitrogen and oxygen atoms in total. The van der Waals surface area contributed by atoms with E-state index in [-0.39, 0.29) is 0 Å². The lowest BCUT2D eigenvalue weighted by molar-refractivity contribution is 0.452. The molecule has 1 saturated carbocycles. The Bertz CT molecular complexity index is 518. The summed E-state index contributed by atoms with van der Waals surface area (Å²) in [6.45, 7) is 3.26. The molecule has 0 bridgehead atoms.